The summed E-state index contributed by atoms with van der Waals surface area (Å²) >= 11 is 1.57. The molecule has 3 atom stereocenters. The second-order valence-electron chi connectivity index (χ2n) is 14.2. The molecule has 0 saturated carbocycles. The molecular weight excluding hydrogens is 713 g/mol. The number of benzene rings is 3. The lowest BCUT2D eigenvalue weighted by molar-refractivity contribution is -0.137. The molecule has 0 aliphatic carbocycles. The molecule has 3 aromatic carbocycles. The quantitative estimate of drug-likeness (QED) is 0.129. The summed E-state index contributed by atoms with van der Waals surface area (Å²) in [6.45, 7) is 3.20. The van der Waals surface area contributed by atoms with Crippen LogP contribution in [0.2, 0.25) is 0 Å². The maximum absolute atomic E-state index is 13.9. The molecule has 2 aliphatic heterocycles. The molecule has 2 aliphatic rings. The van der Waals surface area contributed by atoms with Crippen LogP contribution < -0.4 is 0 Å². The molecule has 0 bridgehead atoms. The van der Waals surface area contributed by atoms with E-state index in [0.717, 1.165) is 87.3 Å². The van der Waals surface area contributed by atoms with Gasteiger partial charge in [0.2, 0.25) is 5.91 Å². The minimum atomic E-state index is -1.16. The van der Waals surface area contributed by atoms with Gasteiger partial charge in [-0.05, 0) is 60.4 Å². The number of likely N-dealkylation sites (N-methyl/N-ethyl adjacent to an activating group) is 1. The van der Waals surface area contributed by atoms with Crippen LogP contribution in [0, 0.1) is 6.92 Å². The lowest BCUT2D eigenvalue weighted by Gasteiger charge is -2.32. The Morgan fingerprint density at radius 1 is 0.800 bits per heavy atom. The number of aromatic nitrogens is 5. The largest absolute Gasteiger partial charge is 0.465 e. The molecule has 6 aromatic rings. The number of hydrogen-bond acceptors (Lipinski definition) is 7. The second kappa shape index (κ2) is 15.3. The van der Waals surface area contributed by atoms with E-state index in [1.54, 1.807) is 34.6 Å². The molecule has 280 valence electrons. The van der Waals surface area contributed by atoms with Crippen molar-refractivity contribution in [3.05, 3.63) is 125 Å². The van der Waals surface area contributed by atoms with Gasteiger partial charge in [-0.25, -0.2) is 19.7 Å². The summed E-state index contributed by atoms with van der Waals surface area (Å²) in [5.41, 5.74) is 7.33. The highest BCUT2D eigenvalue weighted by Gasteiger charge is 2.39. The molecule has 5 heterocycles. The maximum Gasteiger partial charge on any atom is 0.407 e. The van der Waals surface area contributed by atoms with Crippen LogP contribution in [-0.4, -0.2) is 82.8 Å². The number of nitrogens with zero attached hydrogens (tertiary/aromatic N) is 6. The minimum Gasteiger partial charge on any atom is -0.465 e. The van der Waals surface area contributed by atoms with Crippen molar-refractivity contribution < 1.29 is 19.5 Å². The number of amides is 3. The van der Waals surface area contributed by atoms with Gasteiger partial charge < -0.3 is 24.9 Å². The summed E-state index contributed by atoms with van der Waals surface area (Å²) in [5.74, 6) is 1.32. The molecule has 0 spiro atoms. The van der Waals surface area contributed by atoms with E-state index in [1.807, 2.05) is 41.6 Å². The predicted molar refractivity (Wildman–Crippen MR) is 210 cm³/mol. The Kier molecular flexibility index (Phi) is 10.0. The number of imidazole rings is 2. The lowest BCUT2D eigenvalue weighted by atomic mass is 10.0. The van der Waals surface area contributed by atoms with Gasteiger partial charge in [-0.1, -0.05) is 78.9 Å². The maximum atomic E-state index is 13.9. The molecule has 3 aromatic heterocycles. The summed E-state index contributed by atoms with van der Waals surface area (Å²) in [7, 11) is 1.43. The van der Waals surface area contributed by atoms with Gasteiger partial charge in [-0.3, -0.25) is 14.5 Å². The lowest BCUT2D eigenvalue weighted by Crippen LogP contribution is -2.43. The Bertz CT molecular complexity index is 2300. The van der Waals surface area contributed by atoms with Crippen molar-refractivity contribution in [2.24, 2.45) is 0 Å². The van der Waals surface area contributed by atoms with Crippen molar-refractivity contribution >= 4 is 29.2 Å². The first kappa shape index (κ1) is 35.9. The Balaban J connectivity index is 0.926. The normalized spacial score (nSPS) is 17.4. The summed E-state index contributed by atoms with van der Waals surface area (Å²) in [4.78, 5) is 64.6. The first-order valence-corrected chi connectivity index (χ1v) is 19.4. The van der Waals surface area contributed by atoms with Crippen molar-refractivity contribution in [2.75, 3.05) is 20.1 Å². The van der Waals surface area contributed by atoms with Gasteiger partial charge in [-0.2, -0.15) is 0 Å². The standard InChI is InChI=1S/C42H42N8O4S/c1-26-45-32(25-55-26)22-37(51)49-20-6-10-35(49)39-43-23-33(46-39)29-16-12-27(13-17-29)28-14-18-30(19-15-28)34-24-44-40(47-34)36-11-7-21-50(36)41(52)38(48(2)42(53)54)31-8-4-3-5-9-31/h3-5,8-9,12-19,23-25,35-36,38H,6-7,10-11,20-22H2,1-2H3,(H,43,46)(H,44,47)(H,53,54)/t35-,36-,38+/m0/s1. The summed E-state index contributed by atoms with van der Waals surface area (Å²) in [5, 5.41) is 12.7. The number of aromatic amines is 2. The summed E-state index contributed by atoms with van der Waals surface area (Å²) in [6.07, 6.45) is 6.15. The average Bonchev–Trinajstić information content (AvgIpc) is 4.06. The first-order chi connectivity index (χ1) is 26.7. The van der Waals surface area contributed by atoms with E-state index in [9.17, 15) is 19.5 Å². The number of carboxylic acid groups (broad SMARTS) is 1. The zero-order valence-electron chi connectivity index (χ0n) is 30.7. The fourth-order valence-corrected chi connectivity index (χ4v) is 8.45. The molecule has 12 nitrogen and oxygen atoms in total. The fourth-order valence-electron chi connectivity index (χ4n) is 7.83. The van der Waals surface area contributed by atoms with Crippen LogP contribution in [0.25, 0.3) is 33.6 Å². The smallest absolute Gasteiger partial charge is 0.407 e. The third-order valence-electron chi connectivity index (χ3n) is 10.7. The molecule has 3 amide bonds. The van der Waals surface area contributed by atoms with Crippen molar-refractivity contribution in [3.8, 4) is 33.6 Å². The van der Waals surface area contributed by atoms with Gasteiger partial charge in [0.25, 0.3) is 5.91 Å². The fraction of sp³-hybridized carbons (Fsp3) is 0.286. The van der Waals surface area contributed by atoms with Gasteiger partial charge in [-0.15, -0.1) is 11.3 Å². The van der Waals surface area contributed by atoms with Gasteiger partial charge >= 0.3 is 6.09 Å². The second-order valence-corrected chi connectivity index (χ2v) is 15.3. The highest BCUT2D eigenvalue weighted by molar-refractivity contribution is 7.09. The molecule has 2 fully saturated rings. The number of thiazole rings is 1. The van der Waals surface area contributed by atoms with E-state index in [1.165, 1.54) is 7.05 Å². The molecule has 13 heteroatoms. The number of rotatable bonds is 10. The summed E-state index contributed by atoms with van der Waals surface area (Å²) < 4.78 is 0. The summed E-state index contributed by atoms with van der Waals surface area (Å²) in [6, 6.07) is 24.3. The number of carbonyl (C=O) groups excluding carboxylic acids is 2. The van der Waals surface area contributed by atoms with E-state index in [2.05, 4.69) is 68.5 Å². The Morgan fingerprint density at radius 2 is 1.33 bits per heavy atom. The van der Waals surface area contributed by atoms with Gasteiger partial charge in [0.15, 0.2) is 0 Å². The van der Waals surface area contributed by atoms with Crippen molar-refractivity contribution in [3.63, 3.8) is 0 Å². The van der Waals surface area contributed by atoms with E-state index >= 15 is 0 Å². The number of nitrogens with one attached hydrogen (secondary N) is 2. The van der Waals surface area contributed by atoms with E-state index in [0.29, 0.717) is 24.4 Å². The van der Waals surface area contributed by atoms with Crippen LogP contribution in [0.4, 0.5) is 4.79 Å². The van der Waals surface area contributed by atoms with Crippen LogP contribution in [0.3, 0.4) is 0 Å². The molecule has 0 unspecified atom stereocenters. The van der Waals surface area contributed by atoms with Crippen LogP contribution >= 0.6 is 11.3 Å². The SMILES string of the molecule is Cc1nc(CC(=O)N2CCC[C@H]2c2ncc(-c3ccc(-c4ccc(-c5cnc([C@@H]6CCCN6C(=O)[C@@H](c6ccccc6)N(C)C(=O)O)[nH]5)cc4)cc3)[nH]2)cs1. The number of H-pyrrole nitrogens is 2. The number of carbonyl (C=O) groups is 3. The van der Waals surface area contributed by atoms with Crippen LogP contribution in [0.1, 0.15) is 71.7 Å². The monoisotopic (exact) mass is 754 g/mol. The zero-order valence-corrected chi connectivity index (χ0v) is 31.5. The van der Waals surface area contributed by atoms with E-state index in [4.69, 9.17) is 4.98 Å². The molecule has 2 saturated heterocycles. The van der Waals surface area contributed by atoms with E-state index in [-0.39, 0.29) is 23.9 Å². The Labute approximate surface area is 322 Å². The highest BCUT2D eigenvalue weighted by Crippen LogP contribution is 2.36. The predicted octanol–water partition coefficient (Wildman–Crippen LogP) is 7.82. The molecule has 55 heavy (non-hydrogen) atoms. The van der Waals surface area contributed by atoms with Crippen molar-refractivity contribution in [1.29, 1.82) is 0 Å². The molecule has 8 rings (SSSR count). The highest BCUT2D eigenvalue weighted by atomic mass is 32.1. The minimum absolute atomic E-state index is 0.0675. The van der Waals surface area contributed by atoms with Gasteiger partial charge in [0.1, 0.15) is 17.7 Å². The molecule has 3 N–H and O–H groups in total. The number of aryl methyl sites for hydroxylation is 1. The average molecular weight is 755 g/mol. The third-order valence-corrected chi connectivity index (χ3v) is 11.5. The number of likely N-dealkylation sites (tertiary alicyclic amines) is 2. The van der Waals surface area contributed by atoms with Crippen LogP contribution in [0.5, 0.6) is 0 Å². The topological polar surface area (TPSA) is 151 Å². The van der Waals surface area contributed by atoms with Crippen molar-refractivity contribution in [2.45, 2.75) is 57.2 Å². The first-order valence-electron chi connectivity index (χ1n) is 18.6. The van der Waals surface area contributed by atoms with Crippen LogP contribution in [0.15, 0.2) is 96.6 Å². The van der Waals surface area contributed by atoms with Crippen molar-refractivity contribution in [1.82, 2.24) is 39.6 Å². The molecular formula is C42H42N8O4S. The Hall–Kier alpha value is -6.08. The van der Waals surface area contributed by atoms with Crippen LogP contribution in [-0.2, 0) is 16.0 Å². The zero-order chi connectivity index (χ0) is 38.1. The molecule has 0 radical (unpaired) electrons. The van der Waals surface area contributed by atoms with Gasteiger partial charge in [0, 0.05) is 25.5 Å². The Morgan fingerprint density at radius 3 is 1.85 bits per heavy atom. The van der Waals surface area contributed by atoms with Gasteiger partial charge in [0.05, 0.1) is 53.0 Å². The van der Waals surface area contributed by atoms with E-state index < -0.39 is 12.1 Å². The number of hydrogen-bond donors (Lipinski definition) is 3. The third kappa shape index (κ3) is 7.39.